The number of anilines is 2. The molecule has 1 fully saturated rings. The van der Waals surface area contributed by atoms with E-state index in [4.69, 9.17) is 4.74 Å². The Morgan fingerprint density at radius 2 is 1.76 bits per heavy atom. The maximum Gasteiger partial charge on any atom is 0.292 e. The maximum atomic E-state index is 12.9. The van der Waals surface area contributed by atoms with Gasteiger partial charge in [-0.05, 0) is 32.2 Å². The molecule has 1 atom stereocenters. The second-order valence-electron chi connectivity index (χ2n) is 8.56. The molecule has 9 nitrogen and oxygen atoms in total. The van der Waals surface area contributed by atoms with Crippen LogP contribution >= 0.6 is 0 Å². The first-order valence-electron chi connectivity index (χ1n) is 11.4. The highest BCUT2D eigenvalue weighted by molar-refractivity contribution is 5.78. The first-order valence-corrected chi connectivity index (χ1v) is 11.4. The number of piperazine rings is 1. The molecule has 0 aliphatic carbocycles. The number of nitro benzene ring substituents is 1. The molecule has 1 amide bonds. The quantitative estimate of drug-likeness (QED) is 0.470. The summed E-state index contributed by atoms with van der Waals surface area (Å²) >= 11 is 0. The van der Waals surface area contributed by atoms with Gasteiger partial charge in [-0.3, -0.25) is 19.8 Å². The van der Waals surface area contributed by atoms with Crippen LogP contribution in [-0.2, 0) is 4.79 Å². The van der Waals surface area contributed by atoms with E-state index in [-0.39, 0.29) is 22.6 Å². The lowest BCUT2D eigenvalue weighted by Crippen LogP contribution is -2.52. The number of hydrogen-bond acceptors (Lipinski definition) is 7. The minimum atomic E-state index is -0.354. The van der Waals surface area contributed by atoms with Crippen LogP contribution in [0, 0.1) is 10.1 Å². The zero-order valence-electron chi connectivity index (χ0n) is 19.2. The molecule has 33 heavy (non-hydrogen) atoms. The van der Waals surface area contributed by atoms with Crippen molar-refractivity contribution >= 4 is 23.0 Å². The molecule has 1 saturated heterocycles. The van der Waals surface area contributed by atoms with Crippen molar-refractivity contribution in [3.05, 3.63) is 58.6 Å². The molecule has 2 aromatic rings. The van der Waals surface area contributed by atoms with E-state index in [9.17, 15) is 14.9 Å². The molecule has 0 N–H and O–H groups in total. The van der Waals surface area contributed by atoms with Crippen LogP contribution in [0.5, 0.6) is 5.75 Å². The first-order chi connectivity index (χ1) is 16.0. The van der Waals surface area contributed by atoms with E-state index in [0.29, 0.717) is 45.0 Å². The average Bonchev–Trinajstić information content (AvgIpc) is 2.83. The molecule has 2 aliphatic rings. The van der Waals surface area contributed by atoms with Gasteiger partial charge in [0, 0.05) is 45.3 Å². The summed E-state index contributed by atoms with van der Waals surface area (Å²) < 4.78 is 6.19. The molecule has 0 bridgehead atoms. The van der Waals surface area contributed by atoms with Crippen molar-refractivity contribution in [2.45, 2.75) is 13.0 Å². The highest BCUT2D eigenvalue weighted by atomic mass is 16.6. The number of nitrogens with zero attached hydrogens (tertiary/aromatic N) is 5. The van der Waals surface area contributed by atoms with Crippen LogP contribution in [0.3, 0.4) is 0 Å². The van der Waals surface area contributed by atoms with Crippen LogP contribution in [0.1, 0.15) is 6.92 Å². The predicted octanol–water partition coefficient (Wildman–Crippen LogP) is 2.46. The SMILES string of the molecule is CCN1C[C@H](CN(C)CC(=O)N2CCN(c3ccccc3[N+](=O)[O-])CC2)Oc2ccccc21. The minimum absolute atomic E-state index is 0.00636. The highest BCUT2D eigenvalue weighted by Gasteiger charge is 2.28. The fourth-order valence-corrected chi connectivity index (χ4v) is 4.60. The number of para-hydroxylation sites is 4. The van der Waals surface area contributed by atoms with Gasteiger partial charge in [0.2, 0.25) is 5.91 Å². The zero-order chi connectivity index (χ0) is 23.4. The van der Waals surface area contributed by atoms with Gasteiger partial charge in [-0.1, -0.05) is 24.3 Å². The van der Waals surface area contributed by atoms with Crippen molar-refractivity contribution in [3.8, 4) is 5.75 Å². The van der Waals surface area contributed by atoms with E-state index in [0.717, 1.165) is 24.5 Å². The lowest BCUT2D eigenvalue weighted by Gasteiger charge is -2.38. The van der Waals surface area contributed by atoms with Gasteiger partial charge in [0.25, 0.3) is 5.69 Å². The number of rotatable bonds is 7. The second kappa shape index (κ2) is 10.1. The molecular formula is C24H31N5O4. The Bertz CT molecular complexity index is 992. The number of nitro groups is 1. The number of likely N-dealkylation sites (N-methyl/N-ethyl adjacent to an activating group) is 2. The Labute approximate surface area is 194 Å². The van der Waals surface area contributed by atoms with Crippen LogP contribution in [0.4, 0.5) is 17.1 Å². The van der Waals surface area contributed by atoms with Crippen LogP contribution < -0.4 is 14.5 Å². The van der Waals surface area contributed by atoms with Crippen molar-refractivity contribution in [1.29, 1.82) is 0 Å². The summed E-state index contributed by atoms with van der Waals surface area (Å²) in [4.78, 5) is 32.0. The molecule has 2 heterocycles. The van der Waals surface area contributed by atoms with E-state index in [1.54, 1.807) is 18.2 Å². The molecule has 4 rings (SSSR count). The largest absolute Gasteiger partial charge is 0.485 e. The number of fused-ring (bicyclic) bond motifs is 1. The number of carbonyl (C=O) groups is 1. The number of amides is 1. The molecule has 2 aromatic carbocycles. The first kappa shape index (κ1) is 22.8. The summed E-state index contributed by atoms with van der Waals surface area (Å²) in [5, 5.41) is 11.3. The summed E-state index contributed by atoms with van der Waals surface area (Å²) in [5.74, 6) is 0.963. The molecule has 0 spiro atoms. The van der Waals surface area contributed by atoms with E-state index >= 15 is 0 Å². The third-order valence-electron chi connectivity index (χ3n) is 6.28. The molecule has 0 aromatic heterocycles. The van der Waals surface area contributed by atoms with Crippen molar-refractivity contribution in [2.75, 3.05) is 69.2 Å². The second-order valence-corrected chi connectivity index (χ2v) is 8.56. The summed E-state index contributed by atoms with van der Waals surface area (Å²) in [6.45, 7) is 7.07. The van der Waals surface area contributed by atoms with Crippen molar-refractivity contribution in [2.24, 2.45) is 0 Å². The van der Waals surface area contributed by atoms with Gasteiger partial charge in [0.1, 0.15) is 17.5 Å². The Hall–Kier alpha value is -3.33. The number of hydrogen-bond donors (Lipinski definition) is 0. The summed E-state index contributed by atoms with van der Waals surface area (Å²) in [6, 6.07) is 14.8. The fourth-order valence-electron chi connectivity index (χ4n) is 4.60. The Morgan fingerprint density at radius 1 is 1.09 bits per heavy atom. The topological polar surface area (TPSA) is 82.4 Å². The standard InChI is InChI=1S/C24H31N5O4/c1-3-26-17-19(33-23-11-7-6-10-22(23)26)16-25(2)18-24(30)28-14-12-27(13-15-28)20-8-4-5-9-21(20)29(31)32/h4-11,19H,3,12-18H2,1-2H3/t19-/m0/s1. The van der Waals surface area contributed by atoms with Gasteiger partial charge in [-0.15, -0.1) is 0 Å². The molecule has 0 saturated carbocycles. The lowest BCUT2D eigenvalue weighted by molar-refractivity contribution is -0.384. The summed E-state index contributed by atoms with van der Waals surface area (Å²) in [5.41, 5.74) is 1.83. The maximum absolute atomic E-state index is 12.9. The molecule has 176 valence electrons. The van der Waals surface area contributed by atoms with E-state index in [1.807, 2.05) is 39.9 Å². The van der Waals surface area contributed by atoms with Crippen molar-refractivity contribution in [3.63, 3.8) is 0 Å². The predicted molar refractivity (Wildman–Crippen MR) is 128 cm³/mol. The number of benzene rings is 2. The lowest BCUT2D eigenvalue weighted by atomic mass is 10.2. The normalized spacial score (nSPS) is 18.2. The van der Waals surface area contributed by atoms with Crippen LogP contribution in [0.25, 0.3) is 0 Å². The van der Waals surface area contributed by atoms with E-state index in [1.165, 1.54) is 6.07 Å². The minimum Gasteiger partial charge on any atom is -0.485 e. The highest BCUT2D eigenvalue weighted by Crippen LogP contribution is 2.33. The molecule has 9 heteroatoms. The average molecular weight is 454 g/mol. The van der Waals surface area contributed by atoms with Crippen molar-refractivity contribution in [1.82, 2.24) is 9.80 Å². The van der Waals surface area contributed by atoms with Crippen molar-refractivity contribution < 1.29 is 14.5 Å². The van der Waals surface area contributed by atoms with E-state index < -0.39 is 0 Å². The van der Waals surface area contributed by atoms with Gasteiger partial charge >= 0.3 is 0 Å². The molecule has 0 radical (unpaired) electrons. The molecule has 0 unspecified atom stereocenters. The Balaban J connectivity index is 1.29. The van der Waals surface area contributed by atoms with Gasteiger partial charge in [-0.25, -0.2) is 0 Å². The van der Waals surface area contributed by atoms with Gasteiger partial charge < -0.3 is 19.4 Å². The zero-order valence-corrected chi connectivity index (χ0v) is 19.2. The summed E-state index contributed by atoms with van der Waals surface area (Å²) in [6.07, 6.45) is -0.00636. The Morgan fingerprint density at radius 3 is 2.45 bits per heavy atom. The number of ether oxygens (including phenoxy) is 1. The number of carbonyl (C=O) groups excluding carboxylic acids is 1. The van der Waals surface area contributed by atoms with E-state index in [2.05, 4.69) is 17.9 Å². The molecule has 2 aliphatic heterocycles. The Kier molecular flexibility index (Phi) is 6.98. The monoisotopic (exact) mass is 453 g/mol. The summed E-state index contributed by atoms with van der Waals surface area (Å²) in [7, 11) is 1.95. The third kappa shape index (κ3) is 5.19. The van der Waals surface area contributed by atoms with Crippen LogP contribution in [0.2, 0.25) is 0 Å². The molecular weight excluding hydrogens is 422 g/mol. The van der Waals surface area contributed by atoms with Gasteiger partial charge in [0.15, 0.2) is 0 Å². The third-order valence-corrected chi connectivity index (χ3v) is 6.28. The smallest absolute Gasteiger partial charge is 0.292 e. The van der Waals surface area contributed by atoms with Crippen LogP contribution in [-0.4, -0.2) is 86.1 Å². The fraction of sp³-hybridized carbons (Fsp3) is 0.458. The van der Waals surface area contributed by atoms with Crippen LogP contribution in [0.15, 0.2) is 48.5 Å². The van der Waals surface area contributed by atoms with Gasteiger partial charge in [0.05, 0.1) is 23.7 Å². The van der Waals surface area contributed by atoms with Gasteiger partial charge in [-0.2, -0.15) is 0 Å².